The van der Waals surface area contributed by atoms with Crippen LogP contribution in [0.25, 0.3) is 0 Å². The quantitative estimate of drug-likeness (QED) is 0.325. The standard InChI is InChI=1S/C28H42O9/c1-15-9-11-26(6,7)21-10-12-27(8,37-21)25(32)28(33)24(17(3)13-20(36-28)23(15)31)35-22(30)14-16(2)18(4)34-19(5)29/h9,11,14-15,17-18,20-21,24-25,32-33H,10,12-13H2,1-8H3/b11-9+,16-14+/t15-,17+,18?,20+,21-,24+,25-,27+,28-/m1/s1. The van der Waals surface area contributed by atoms with Crippen molar-refractivity contribution in [1.29, 1.82) is 0 Å². The molecule has 0 saturated carbocycles. The highest BCUT2D eigenvalue weighted by Gasteiger charge is 2.62. The van der Waals surface area contributed by atoms with Crippen molar-refractivity contribution in [3.8, 4) is 0 Å². The Kier molecular flexibility index (Phi) is 8.44. The van der Waals surface area contributed by atoms with Crippen molar-refractivity contribution in [3.05, 3.63) is 23.8 Å². The van der Waals surface area contributed by atoms with E-state index >= 15 is 0 Å². The summed E-state index contributed by atoms with van der Waals surface area (Å²) in [4.78, 5) is 37.5. The van der Waals surface area contributed by atoms with Gasteiger partial charge in [0.15, 0.2) is 11.9 Å². The first kappa shape index (κ1) is 29.5. The topological polar surface area (TPSA) is 129 Å². The predicted octanol–water partition coefficient (Wildman–Crippen LogP) is 3.01. The van der Waals surface area contributed by atoms with Gasteiger partial charge in [-0.15, -0.1) is 0 Å². The van der Waals surface area contributed by atoms with E-state index in [0.717, 1.165) is 0 Å². The van der Waals surface area contributed by atoms with E-state index in [9.17, 15) is 24.6 Å². The first-order valence-corrected chi connectivity index (χ1v) is 13.1. The van der Waals surface area contributed by atoms with Crippen LogP contribution in [0.2, 0.25) is 0 Å². The van der Waals surface area contributed by atoms with Crippen molar-refractivity contribution in [1.82, 2.24) is 0 Å². The normalized spacial score (nSPS) is 41.7. The van der Waals surface area contributed by atoms with Crippen LogP contribution in [0.15, 0.2) is 23.8 Å². The molecule has 0 aromatic heterocycles. The van der Waals surface area contributed by atoms with E-state index in [1.54, 1.807) is 34.6 Å². The van der Waals surface area contributed by atoms with Crippen molar-refractivity contribution in [2.24, 2.45) is 17.3 Å². The van der Waals surface area contributed by atoms with Gasteiger partial charge in [-0.2, -0.15) is 0 Å². The Morgan fingerprint density at radius 1 is 1.19 bits per heavy atom. The van der Waals surface area contributed by atoms with Crippen LogP contribution in [0.5, 0.6) is 0 Å². The zero-order valence-corrected chi connectivity index (χ0v) is 23.1. The molecule has 2 saturated heterocycles. The van der Waals surface area contributed by atoms with Crippen LogP contribution in [-0.2, 0) is 33.3 Å². The average molecular weight is 523 g/mol. The minimum Gasteiger partial charge on any atom is -0.458 e. The second-order valence-electron chi connectivity index (χ2n) is 11.8. The number of carbonyl (C=O) groups is 3. The molecule has 1 unspecified atom stereocenters. The SMILES string of the molecule is CC(=O)OC(C)/C(C)=C/C(=O)O[C@H]1[C@@H](C)C[C@@H]2O[C@@]1(O)[C@H](O)[C@]1(C)CC[C@@H](O1)C(C)(C)/C=C/[C@@H](C)C2=O. The van der Waals surface area contributed by atoms with Gasteiger partial charge in [0.1, 0.15) is 18.3 Å². The lowest BCUT2D eigenvalue weighted by molar-refractivity contribution is -0.363. The molecule has 37 heavy (non-hydrogen) atoms. The van der Waals surface area contributed by atoms with Crippen molar-refractivity contribution in [2.45, 2.75) is 117 Å². The van der Waals surface area contributed by atoms with Crippen LogP contribution in [0, 0.1) is 17.3 Å². The Bertz CT molecular complexity index is 969. The summed E-state index contributed by atoms with van der Waals surface area (Å²) < 4.78 is 23.1. The number of Topliss-reactive ketones (excluding diaryl/α,β-unsaturated/α-hetero) is 1. The first-order chi connectivity index (χ1) is 17.0. The average Bonchev–Trinajstić information content (AvgIpc) is 3.22. The van der Waals surface area contributed by atoms with E-state index in [0.29, 0.717) is 18.4 Å². The van der Waals surface area contributed by atoms with E-state index in [4.69, 9.17) is 18.9 Å². The van der Waals surface area contributed by atoms with Gasteiger partial charge >= 0.3 is 11.9 Å². The van der Waals surface area contributed by atoms with Gasteiger partial charge in [-0.05, 0) is 45.6 Å². The fraction of sp³-hybridized carbons (Fsp3) is 0.750. The molecule has 3 rings (SSSR count). The number of hydrogen-bond donors (Lipinski definition) is 2. The Labute approximate surface area is 219 Å². The van der Waals surface area contributed by atoms with E-state index in [1.165, 1.54) is 13.0 Å². The molecule has 0 amide bonds. The molecule has 0 spiro atoms. The maximum Gasteiger partial charge on any atom is 0.331 e. The smallest absolute Gasteiger partial charge is 0.331 e. The Balaban J connectivity index is 1.98. The second-order valence-corrected chi connectivity index (χ2v) is 11.8. The van der Waals surface area contributed by atoms with Crippen LogP contribution < -0.4 is 0 Å². The number of carbonyl (C=O) groups excluding carboxylic acids is 3. The summed E-state index contributed by atoms with van der Waals surface area (Å²) in [5.41, 5.74) is -1.18. The van der Waals surface area contributed by atoms with Crippen molar-refractivity contribution in [2.75, 3.05) is 0 Å². The van der Waals surface area contributed by atoms with Gasteiger partial charge in [-0.1, -0.05) is 39.8 Å². The summed E-state index contributed by atoms with van der Waals surface area (Å²) in [5.74, 6) is -4.91. The van der Waals surface area contributed by atoms with Gasteiger partial charge in [0.05, 0.1) is 11.7 Å². The monoisotopic (exact) mass is 522 g/mol. The highest BCUT2D eigenvalue weighted by Crippen LogP contribution is 2.48. The van der Waals surface area contributed by atoms with Gasteiger partial charge < -0.3 is 29.2 Å². The Hall–Kier alpha value is -2.07. The molecular weight excluding hydrogens is 480 g/mol. The maximum atomic E-state index is 13.3. The van der Waals surface area contributed by atoms with Gasteiger partial charge in [-0.3, -0.25) is 9.59 Å². The molecule has 0 aromatic rings. The largest absolute Gasteiger partial charge is 0.458 e. The minimum atomic E-state index is -2.40. The maximum absolute atomic E-state index is 13.3. The third-order valence-electron chi connectivity index (χ3n) is 8.11. The molecule has 0 aliphatic carbocycles. The lowest BCUT2D eigenvalue weighted by Crippen LogP contribution is -2.68. The molecule has 208 valence electrons. The number of allylic oxidation sites excluding steroid dienone is 1. The number of ether oxygens (including phenoxy) is 4. The summed E-state index contributed by atoms with van der Waals surface area (Å²) in [6.45, 7) is 13.8. The lowest BCUT2D eigenvalue weighted by atomic mass is 9.78. The van der Waals surface area contributed by atoms with Crippen molar-refractivity contribution >= 4 is 17.7 Å². The molecule has 0 aromatic carbocycles. The van der Waals surface area contributed by atoms with Gasteiger partial charge in [0.25, 0.3) is 0 Å². The van der Waals surface area contributed by atoms with Crippen LogP contribution in [0.1, 0.15) is 74.7 Å². The third kappa shape index (κ3) is 6.00. The second kappa shape index (κ2) is 10.6. The Morgan fingerprint density at radius 3 is 2.46 bits per heavy atom. The van der Waals surface area contributed by atoms with Gasteiger partial charge in [-0.25, -0.2) is 4.79 Å². The molecule has 3 aliphatic heterocycles. The molecule has 2 N–H and O–H groups in total. The van der Waals surface area contributed by atoms with Gasteiger partial charge in [0, 0.05) is 30.3 Å². The molecule has 3 aliphatic rings. The molecule has 3 heterocycles. The minimum absolute atomic E-state index is 0.195. The number of aliphatic hydroxyl groups is 2. The highest BCUT2D eigenvalue weighted by molar-refractivity contribution is 5.87. The van der Waals surface area contributed by atoms with Crippen LogP contribution in [0.4, 0.5) is 0 Å². The number of hydrogen-bond acceptors (Lipinski definition) is 9. The molecule has 9 nitrogen and oxygen atoms in total. The molecular formula is C28H42O9. The molecule has 9 atom stereocenters. The predicted molar refractivity (Wildman–Crippen MR) is 134 cm³/mol. The van der Waals surface area contributed by atoms with Crippen LogP contribution >= 0.6 is 0 Å². The van der Waals surface area contributed by atoms with Crippen LogP contribution in [-0.4, -0.2) is 69.8 Å². The summed E-state index contributed by atoms with van der Waals surface area (Å²) >= 11 is 0. The van der Waals surface area contributed by atoms with E-state index < -0.39 is 65.0 Å². The number of esters is 2. The van der Waals surface area contributed by atoms with E-state index in [-0.39, 0.29) is 18.3 Å². The Morgan fingerprint density at radius 2 is 1.84 bits per heavy atom. The number of ketones is 1. The van der Waals surface area contributed by atoms with Gasteiger partial charge in [0.2, 0.25) is 5.79 Å². The molecule has 0 radical (unpaired) electrons. The number of aliphatic hydroxyl groups excluding tert-OH is 1. The summed E-state index contributed by atoms with van der Waals surface area (Å²) in [5, 5.41) is 23.5. The highest BCUT2D eigenvalue weighted by atomic mass is 16.7. The van der Waals surface area contributed by atoms with Crippen molar-refractivity contribution in [3.63, 3.8) is 0 Å². The number of rotatable bonds is 4. The lowest BCUT2D eigenvalue weighted by Gasteiger charge is -2.51. The number of fused-ring (bicyclic) bond motifs is 4. The summed E-state index contributed by atoms with van der Waals surface area (Å²) in [6, 6.07) is 0. The van der Waals surface area contributed by atoms with Crippen molar-refractivity contribution < 1.29 is 43.5 Å². The molecule has 4 bridgehead atoms. The van der Waals surface area contributed by atoms with Crippen LogP contribution in [0.3, 0.4) is 0 Å². The fourth-order valence-electron chi connectivity index (χ4n) is 5.52. The zero-order chi connectivity index (χ0) is 27.9. The zero-order valence-electron chi connectivity index (χ0n) is 23.1. The summed E-state index contributed by atoms with van der Waals surface area (Å²) in [6.07, 6.45) is 1.45. The molecule has 9 heteroatoms. The van der Waals surface area contributed by atoms with E-state index in [2.05, 4.69) is 0 Å². The summed E-state index contributed by atoms with van der Waals surface area (Å²) in [7, 11) is 0. The first-order valence-electron chi connectivity index (χ1n) is 13.1. The third-order valence-corrected chi connectivity index (χ3v) is 8.11. The molecule has 2 fully saturated rings. The van der Waals surface area contributed by atoms with E-state index in [1.807, 2.05) is 26.0 Å². The fourth-order valence-corrected chi connectivity index (χ4v) is 5.52.